The van der Waals surface area contributed by atoms with Crippen molar-refractivity contribution in [2.45, 2.75) is 31.6 Å². The van der Waals surface area contributed by atoms with Crippen molar-refractivity contribution in [3.8, 4) is 0 Å². The third-order valence-corrected chi connectivity index (χ3v) is 7.16. The molecule has 2 nitrogen and oxygen atoms in total. The van der Waals surface area contributed by atoms with Gasteiger partial charge in [-0.1, -0.05) is 18.3 Å². The lowest BCUT2D eigenvalue weighted by atomic mass is 10.4. The molecule has 0 radical (unpaired) electrons. The summed E-state index contributed by atoms with van der Waals surface area (Å²) >= 11 is 5.09. The van der Waals surface area contributed by atoms with E-state index >= 15 is 0 Å². The van der Waals surface area contributed by atoms with Crippen LogP contribution in [0.25, 0.3) is 0 Å². The van der Waals surface area contributed by atoms with Crippen LogP contribution in [0.4, 0.5) is 35.1 Å². The normalized spacial score (nSPS) is 14.2. The van der Waals surface area contributed by atoms with Crippen LogP contribution in [0.5, 0.6) is 0 Å². The largest absolute Gasteiger partial charge is 0.330 e. The summed E-state index contributed by atoms with van der Waals surface area (Å²) in [7, 11) is 0. The molecule has 0 aliphatic heterocycles. The summed E-state index contributed by atoms with van der Waals surface area (Å²) in [5.74, 6) is -9.03. The molecule has 0 atom stereocenters. The first-order valence-corrected chi connectivity index (χ1v) is 9.45. The molecule has 0 fully saturated rings. The van der Waals surface area contributed by atoms with E-state index in [0.717, 1.165) is 0 Å². The van der Waals surface area contributed by atoms with Gasteiger partial charge in [0.1, 0.15) is 13.2 Å². The molecule has 13 heteroatoms. The van der Waals surface area contributed by atoms with E-state index in [4.69, 9.17) is 0 Å². The van der Waals surface area contributed by atoms with Crippen LogP contribution in [-0.2, 0) is 20.9 Å². The van der Waals surface area contributed by atoms with E-state index in [0.29, 0.717) is 11.4 Å². The minimum atomic E-state index is -4.55. The fourth-order valence-electron chi connectivity index (χ4n) is 0.726. The summed E-state index contributed by atoms with van der Waals surface area (Å²) in [5, 5.41) is 0. The van der Waals surface area contributed by atoms with Gasteiger partial charge in [-0.25, -0.2) is 17.6 Å². The Morgan fingerprint density at radius 1 is 0.952 bits per heavy atom. The highest BCUT2D eigenvalue weighted by Gasteiger charge is 2.45. The maximum Gasteiger partial charge on any atom is 0.330 e. The predicted octanol–water partition coefficient (Wildman–Crippen LogP) is 4.80. The first kappa shape index (κ1) is 21.4. The van der Waals surface area contributed by atoms with Crippen molar-refractivity contribution in [2.75, 3.05) is 19.0 Å². The van der Waals surface area contributed by atoms with Gasteiger partial charge >= 0.3 is 24.7 Å². The van der Waals surface area contributed by atoms with E-state index in [2.05, 4.69) is 20.9 Å². The van der Waals surface area contributed by atoms with E-state index in [1.54, 1.807) is 0 Å². The van der Waals surface area contributed by atoms with Gasteiger partial charge in [0.2, 0.25) is 5.69 Å². The average molecular weight is 386 g/mol. The highest BCUT2D eigenvalue weighted by Crippen LogP contribution is 2.62. The fraction of sp³-hybridized carbons (Fsp3) is 1.00. The van der Waals surface area contributed by atoms with Crippen molar-refractivity contribution >= 4 is 28.9 Å². The number of rotatable bonds is 10. The van der Waals surface area contributed by atoms with Gasteiger partial charge < -0.3 is 9.05 Å². The van der Waals surface area contributed by atoms with Gasteiger partial charge in [-0.15, -0.1) is 0 Å². The first-order valence-electron chi connectivity index (χ1n) is 5.22. The fourth-order valence-corrected chi connectivity index (χ4v) is 4.90. The molecule has 0 rings (SSSR count). The molecule has 128 valence electrons. The average Bonchev–Trinajstić information content (AvgIpc) is 2.35. The SMILES string of the molecule is CCSP(=S)(OCC(F)(F)C(F)F)OCC(F)(F)C(F)F. The minimum Gasteiger partial charge on any atom is -0.315 e. The lowest BCUT2D eigenvalue weighted by Gasteiger charge is -2.25. The lowest BCUT2D eigenvalue weighted by Crippen LogP contribution is -2.33. The zero-order valence-electron chi connectivity index (χ0n) is 10.4. The van der Waals surface area contributed by atoms with Gasteiger partial charge in [-0.3, -0.25) is 0 Å². The standard InChI is InChI=1S/C8H11F8O2PS2/c1-2-21-19(20,17-3-7(13,14)5(9)10)18-4-8(15,16)6(11)12/h5-6H,2-4H2,1H3. The van der Waals surface area contributed by atoms with Crippen LogP contribution in [0.15, 0.2) is 0 Å². The molecule has 0 aliphatic carbocycles. The van der Waals surface area contributed by atoms with Gasteiger partial charge in [-0.2, -0.15) is 17.6 Å². The monoisotopic (exact) mass is 386 g/mol. The number of hydrogen-bond donors (Lipinski definition) is 0. The Hall–Kier alpha value is 0.360. The predicted molar refractivity (Wildman–Crippen MR) is 66.2 cm³/mol. The van der Waals surface area contributed by atoms with E-state index < -0.39 is 43.6 Å². The van der Waals surface area contributed by atoms with Crippen molar-refractivity contribution in [1.29, 1.82) is 0 Å². The third kappa shape index (κ3) is 7.45. The van der Waals surface area contributed by atoms with Crippen LogP contribution >= 0.6 is 17.1 Å². The molecular formula is C8H11F8O2PS2. The molecule has 0 bridgehead atoms. The third-order valence-electron chi connectivity index (χ3n) is 1.76. The van der Waals surface area contributed by atoms with Crippen LogP contribution in [0.3, 0.4) is 0 Å². The second-order valence-electron chi connectivity index (χ2n) is 3.54. The van der Waals surface area contributed by atoms with Crippen LogP contribution in [0.2, 0.25) is 0 Å². The van der Waals surface area contributed by atoms with Crippen molar-refractivity contribution < 1.29 is 44.2 Å². The molecule has 0 N–H and O–H groups in total. The maximum absolute atomic E-state index is 12.7. The zero-order chi connectivity index (χ0) is 16.9. The summed E-state index contributed by atoms with van der Waals surface area (Å²) < 4.78 is 107. The summed E-state index contributed by atoms with van der Waals surface area (Å²) in [5.41, 5.74) is -3.87. The summed E-state index contributed by atoms with van der Waals surface area (Å²) in [6, 6.07) is 0. The first-order chi connectivity index (χ1) is 9.36. The molecule has 0 spiro atoms. The molecule has 0 aromatic carbocycles. The molecule has 0 aliphatic rings. The Balaban J connectivity index is 4.75. The van der Waals surface area contributed by atoms with Crippen LogP contribution < -0.4 is 0 Å². The number of halogens is 8. The Labute approximate surface area is 124 Å². The second kappa shape index (κ2) is 8.28. The summed E-state index contributed by atoms with van der Waals surface area (Å²) in [6.45, 7) is -2.26. The van der Waals surface area contributed by atoms with Gasteiger partial charge in [0, 0.05) is 0 Å². The molecule has 0 aromatic rings. The van der Waals surface area contributed by atoms with Crippen molar-refractivity contribution in [3.05, 3.63) is 0 Å². The Kier molecular flexibility index (Phi) is 8.42. The zero-order valence-corrected chi connectivity index (χ0v) is 12.9. The van der Waals surface area contributed by atoms with Crippen LogP contribution in [0, 0.1) is 0 Å². The molecule has 21 heavy (non-hydrogen) atoms. The van der Waals surface area contributed by atoms with Gasteiger partial charge in [0.05, 0.1) is 0 Å². The van der Waals surface area contributed by atoms with E-state index in [1.807, 2.05) is 0 Å². The molecule has 0 amide bonds. The van der Waals surface area contributed by atoms with E-state index in [1.165, 1.54) is 6.92 Å². The quantitative estimate of drug-likeness (QED) is 0.397. The van der Waals surface area contributed by atoms with Crippen LogP contribution in [-0.4, -0.2) is 43.7 Å². The molecule has 0 aromatic heterocycles. The number of alkyl halides is 8. The van der Waals surface area contributed by atoms with Gasteiger partial charge in [-0.05, 0) is 17.6 Å². The molecule has 0 unspecified atom stereocenters. The van der Waals surface area contributed by atoms with Crippen molar-refractivity contribution in [3.63, 3.8) is 0 Å². The lowest BCUT2D eigenvalue weighted by molar-refractivity contribution is -0.155. The van der Waals surface area contributed by atoms with Crippen LogP contribution in [0.1, 0.15) is 6.92 Å². The van der Waals surface area contributed by atoms with Gasteiger partial charge in [0.15, 0.2) is 0 Å². The van der Waals surface area contributed by atoms with Gasteiger partial charge in [0.25, 0.3) is 0 Å². The molecule has 0 saturated carbocycles. The molecule has 0 heterocycles. The Morgan fingerprint density at radius 2 is 1.29 bits per heavy atom. The van der Waals surface area contributed by atoms with E-state index in [9.17, 15) is 35.1 Å². The summed E-state index contributed by atoms with van der Waals surface area (Å²) in [4.78, 5) is 0. The Morgan fingerprint density at radius 3 is 1.52 bits per heavy atom. The smallest absolute Gasteiger partial charge is 0.315 e. The van der Waals surface area contributed by atoms with Crippen molar-refractivity contribution in [1.82, 2.24) is 0 Å². The molecular weight excluding hydrogens is 375 g/mol. The Bertz CT molecular complexity index is 340. The summed E-state index contributed by atoms with van der Waals surface area (Å²) in [6.07, 6.45) is -8.09. The minimum absolute atomic E-state index is 0.0672. The highest BCUT2D eigenvalue weighted by molar-refractivity contribution is 8.67. The number of hydrogen-bond acceptors (Lipinski definition) is 4. The molecule has 0 saturated heterocycles. The maximum atomic E-state index is 12.7. The topological polar surface area (TPSA) is 18.5 Å². The second-order valence-corrected chi connectivity index (χ2v) is 10.1. The van der Waals surface area contributed by atoms with E-state index in [-0.39, 0.29) is 5.75 Å². The van der Waals surface area contributed by atoms with Crippen molar-refractivity contribution in [2.24, 2.45) is 0 Å². The highest BCUT2D eigenvalue weighted by atomic mass is 32.9.